The quantitative estimate of drug-likeness (QED) is 0.921. The third kappa shape index (κ3) is 3.89. The van der Waals surface area contributed by atoms with Crippen molar-refractivity contribution in [1.29, 1.82) is 0 Å². The zero-order chi connectivity index (χ0) is 14.0. The Hall–Kier alpha value is -0.680. The van der Waals surface area contributed by atoms with E-state index in [1.807, 2.05) is 0 Å². The molecule has 2 rings (SSSR count). The Balaban J connectivity index is 2.10. The molecule has 1 saturated heterocycles. The van der Waals surface area contributed by atoms with Gasteiger partial charge < -0.3 is 10.2 Å². The van der Waals surface area contributed by atoms with Gasteiger partial charge in [0.15, 0.2) is 11.6 Å². The van der Waals surface area contributed by atoms with Crippen molar-refractivity contribution in [2.24, 2.45) is 0 Å². The number of pyridine rings is 1. The summed E-state index contributed by atoms with van der Waals surface area (Å²) in [5.74, 6) is 0.221. The van der Waals surface area contributed by atoms with Crippen molar-refractivity contribution >= 4 is 21.7 Å². The van der Waals surface area contributed by atoms with E-state index >= 15 is 0 Å². The molecule has 2 heterocycles. The van der Waals surface area contributed by atoms with Crippen molar-refractivity contribution in [3.63, 3.8) is 0 Å². The molecule has 0 aliphatic carbocycles. The predicted molar refractivity (Wildman–Crippen MR) is 80.0 cm³/mol. The summed E-state index contributed by atoms with van der Waals surface area (Å²) >= 11 is 3.24. The normalized spacial score (nSPS) is 20.1. The highest BCUT2D eigenvalue weighted by atomic mass is 79.9. The third-order valence-electron chi connectivity index (χ3n) is 3.31. The molecule has 106 valence electrons. The zero-order valence-electron chi connectivity index (χ0n) is 11.7. The van der Waals surface area contributed by atoms with Gasteiger partial charge in [0.1, 0.15) is 0 Å². The summed E-state index contributed by atoms with van der Waals surface area (Å²) in [7, 11) is 0. The number of hydrogen-bond donors (Lipinski definition) is 1. The van der Waals surface area contributed by atoms with Gasteiger partial charge in [0.25, 0.3) is 0 Å². The molecule has 19 heavy (non-hydrogen) atoms. The lowest BCUT2D eigenvalue weighted by molar-refractivity contribution is 0.403. The van der Waals surface area contributed by atoms with E-state index in [4.69, 9.17) is 0 Å². The standard InChI is InChI=1S/C14H21BrFN3/c1-14(2,3)18-9-11-5-4-6-19(11)13-12(16)7-10(15)8-17-13/h7-8,11,18H,4-6,9H2,1-3H3. The number of halogens is 2. The minimum atomic E-state index is -0.253. The molecule has 0 bridgehead atoms. The van der Waals surface area contributed by atoms with Crippen LogP contribution >= 0.6 is 15.9 Å². The van der Waals surface area contributed by atoms with Crippen molar-refractivity contribution in [3.8, 4) is 0 Å². The highest BCUT2D eigenvalue weighted by Gasteiger charge is 2.28. The van der Waals surface area contributed by atoms with E-state index < -0.39 is 0 Å². The summed E-state index contributed by atoms with van der Waals surface area (Å²) in [4.78, 5) is 6.31. The smallest absolute Gasteiger partial charge is 0.166 e. The second-order valence-electron chi connectivity index (χ2n) is 6.08. The number of anilines is 1. The molecule has 0 aromatic carbocycles. The fourth-order valence-corrected chi connectivity index (χ4v) is 2.67. The summed E-state index contributed by atoms with van der Waals surface area (Å²) in [6.07, 6.45) is 3.83. The third-order valence-corrected chi connectivity index (χ3v) is 3.74. The van der Waals surface area contributed by atoms with E-state index in [9.17, 15) is 4.39 Å². The van der Waals surface area contributed by atoms with Gasteiger partial charge in [0.2, 0.25) is 0 Å². The number of aromatic nitrogens is 1. The lowest BCUT2D eigenvalue weighted by Crippen LogP contribution is -2.45. The SMILES string of the molecule is CC(C)(C)NCC1CCCN1c1ncc(Br)cc1F. The molecule has 5 heteroatoms. The van der Waals surface area contributed by atoms with Crippen LogP contribution in [0.2, 0.25) is 0 Å². The van der Waals surface area contributed by atoms with Crippen LogP contribution in [0.4, 0.5) is 10.2 Å². The first kappa shape index (κ1) is 14.7. The van der Waals surface area contributed by atoms with Gasteiger partial charge in [0.05, 0.1) is 0 Å². The first-order valence-corrected chi connectivity index (χ1v) is 7.49. The Morgan fingerprint density at radius 2 is 2.26 bits per heavy atom. The van der Waals surface area contributed by atoms with Gasteiger partial charge >= 0.3 is 0 Å². The van der Waals surface area contributed by atoms with E-state index in [0.717, 1.165) is 25.9 Å². The molecule has 1 fully saturated rings. The summed E-state index contributed by atoms with van der Waals surface area (Å²) < 4.78 is 14.7. The molecule has 1 aromatic rings. The molecular weight excluding hydrogens is 309 g/mol. The maximum Gasteiger partial charge on any atom is 0.166 e. The zero-order valence-corrected chi connectivity index (χ0v) is 13.3. The van der Waals surface area contributed by atoms with Crippen LogP contribution in [-0.4, -0.2) is 29.7 Å². The Morgan fingerprint density at radius 1 is 1.53 bits per heavy atom. The molecule has 1 unspecified atom stereocenters. The fraction of sp³-hybridized carbons (Fsp3) is 0.643. The molecule has 1 N–H and O–H groups in total. The van der Waals surface area contributed by atoms with Crippen molar-refractivity contribution in [2.45, 2.75) is 45.2 Å². The van der Waals surface area contributed by atoms with Crippen LogP contribution < -0.4 is 10.2 Å². The first-order valence-electron chi connectivity index (χ1n) is 6.69. The maximum atomic E-state index is 14.0. The van der Waals surface area contributed by atoms with Crippen LogP contribution in [0.25, 0.3) is 0 Å². The van der Waals surface area contributed by atoms with Crippen LogP contribution in [-0.2, 0) is 0 Å². The average molecular weight is 330 g/mol. The van der Waals surface area contributed by atoms with Gasteiger partial charge in [-0.25, -0.2) is 9.37 Å². The molecule has 0 saturated carbocycles. The molecule has 1 atom stereocenters. The maximum absolute atomic E-state index is 14.0. The Labute approximate surface area is 122 Å². The number of hydrogen-bond acceptors (Lipinski definition) is 3. The van der Waals surface area contributed by atoms with Gasteiger partial charge in [0, 0.05) is 35.3 Å². The van der Waals surface area contributed by atoms with Crippen LogP contribution in [0, 0.1) is 5.82 Å². The van der Waals surface area contributed by atoms with Gasteiger partial charge in [-0.05, 0) is 55.6 Å². The predicted octanol–water partition coefficient (Wildman–Crippen LogP) is 3.34. The number of rotatable bonds is 3. The molecule has 0 radical (unpaired) electrons. The van der Waals surface area contributed by atoms with E-state index in [2.05, 4.69) is 51.9 Å². The summed E-state index contributed by atoms with van der Waals surface area (Å²) in [6.45, 7) is 8.17. The van der Waals surface area contributed by atoms with Gasteiger partial charge in [-0.1, -0.05) is 0 Å². The van der Waals surface area contributed by atoms with Crippen LogP contribution in [0.5, 0.6) is 0 Å². The topological polar surface area (TPSA) is 28.2 Å². The number of nitrogens with zero attached hydrogens (tertiary/aromatic N) is 2. The van der Waals surface area contributed by atoms with Crippen molar-refractivity contribution in [3.05, 3.63) is 22.6 Å². The van der Waals surface area contributed by atoms with Crippen molar-refractivity contribution in [1.82, 2.24) is 10.3 Å². The highest BCUT2D eigenvalue weighted by Crippen LogP contribution is 2.27. The van der Waals surface area contributed by atoms with E-state index in [1.54, 1.807) is 6.20 Å². The summed E-state index contributed by atoms with van der Waals surface area (Å²) in [6, 6.07) is 1.80. The van der Waals surface area contributed by atoms with Crippen LogP contribution in [0.3, 0.4) is 0 Å². The average Bonchev–Trinajstić information content (AvgIpc) is 2.73. The number of nitrogens with one attached hydrogen (secondary N) is 1. The second-order valence-corrected chi connectivity index (χ2v) is 6.99. The van der Waals surface area contributed by atoms with Gasteiger partial charge in [-0.3, -0.25) is 0 Å². The first-order chi connectivity index (χ1) is 8.87. The molecule has 1 aliphatic rings. The largest absolute Gasteiger partial charge is 0.350 e. The van der Waals surface area contributed by atoms with Gasteiger partial charge in [-0.2, -0.15) is 0 Å². The van der Waals surface area contributed by atoms with Crippen molar-refractivity contribution < 1.29 is 4.39 Å². The molecule has 0 amide bonds. The molecule has 3 nitrogen and oxygen atoms in total. The Kier molecular flexibility index (Phi) is 4.46. The minimum absolute atomic E-state index is 0.0833. The Bertz CT molecular complexity index is 445. The summed E-state index contributed by atoms with van der Waals surface area (Å²) in [5, 5.41) is 3.49. The van der Waals surface area contributed by atoms with E-state index in [0.29, 0.717) is 16.3 Å². The molecule has 1 aromatic heterocycles. The fourth-order valence-electron chi connectivity index (χ4n) is 2.37. The van der Waals surface area contributed by atoms with Crippen LogP contribution in [0.1, 0.15) is 33.6 Å². The minimum Gasteiger partial charge on any atom is -0.350 e. The Morgan fingerprint density at radius 3 is 2.89 bits per heavy atom. The highest BCUT2D eigenvalue weighted by molar-refractivity contribution is 9.10. The van der Waals surface area contributed by atoms with E-state index in [1.165, 1.54) is 6.07 Å². The lowest BCUT2D eigenvalue weighted by Gasteiger charge is -2.30. The second kappa shape index (κ2) is 5.75. The monoisotopic (exact) mass is 329 g/mol. The molecular formula is C14H21BrFN3. The molecule has 0 spiro atoms. The van der Waals surface area contributed by atoms with Gasteiger partial charge in [-0.15, -0.1) is 0 Å². The van der Waals surface area contributed by atoms with E-state index in [-0.39, 0.29) is 11.4 Å². The lowest BCUT2D eigenvalue weighted by atomic mass is 10.1. The summed E-state index contributed by atoms with van der Waals surface area (Å²) in [5.41, 5.74) is 0.0833. The molecule has 1 aliphatic heterocycles. The van der Waals surface area contributed by atoms with Crippen molar-refractivity contribution in [2.75, 3.05) is 18.0 Å². The van der Waals surface area contributed by atoms with Crippen LogP contribution in [0.15, 0.2) is 16.7 Å².